The number of thioether (sulfide) groups is 1. The first kappa shape index (κ1) is 18.1. The van der Waals surface area contributed by atoms with E-state index in [1.54, 1.807) is 0 Å². The topological polar surface area (TPSA) is 63.7 Å². The van der Waals surface area contributed by atoms with Crippen LogP contribution in [0.3, 0.4) is 0 Å². The van der Waals surface area contributed by atoms with Crippen LogP contribution in [0.4, 0.5) is 13.2 Å². The van der Waals surface area contributed by atoms with Crippen LogP contribution in [-0.4, -0.2) is 56.0 Å². The van der Waals surface area contributed by atoms with E-state index in [2.05, 4.69) is 0 Å². The zero-order chi connectivity index (χ0) is 17.1. The van der Waals surface area contributed by atoms with Gasteiger partial charge in [0.05, 0.1) is 36.0 Å². The highest BCUT2D eigenvalue weighted by atomic mass is 32.2. The Hall–Kier alpha value is -1.26. The van der Waals surface area contributed by atoms with Gasteiger partial charge in [0.1, 0.15) is 0 Å². The standard InChI is InChI=1S/C13H14F3NO4S2/c14-13(15,16)9-22-11-4-2-1-3-10(11)12(18)17-5-7-23(19,20)8-6-21-17/h1-4H,5-9H2. The van der Waals surface area contributed by atoms with E-state index in [1.165, 1.54) is 24.3 Å². The molecule has 0 spiro atoms. The van der Waals surface area contributed by atoms with Gasteiger partial charge in [0.2, 0.25) is 0 Å². The summed E-state index contributed by atoms with van der Waals surface area (Å²) in [7, 11) is -3.28. The fourth-order valence-corrected chi connectivity index (χ4v) is 3.67. The molecule has 23 heavy (non-hydrogen) atoms. The smallest absolute Gasteiger partial charge is 0.270 e. The fraction of sp³-hybridized carbons (Fsp3) is 0.462. The molecule has 1 heterocycles. The van der Waals surface area contributed by atoms with E-state index in [0.29, 0.717) is 11.8 Å². The molecule has 1 aromatic rings. The molecule has 0 aliphatic carbocycles. The molecule has 0 saturated carbocycles. The fourth-order valence-electron chi connectivity index (χ4n) is 1.89. The van der Waals surface area contributed by atoms with E-state index in [-0.39, 0.29) is 35.1 Å². The monoisotopic (exact) mass is 369 g/mol. The number of halogens is 3. The molecule has 128 valence electrons. The van der Waals surface area contributed by atoms with Gasteiger partial charge in [-0.25, -0.2) is 13.5 Å². The van der Waals surface area contributed by atoms with Crippen LogP contribution in [0.5, 0.6) is 0 Å². The Balaban J connectivity index is 2.16. The molecule has 5 nitrogen and oxygen atoms in total. The van der Waals surface area contributed by atoms with Crippen molar-refractivity contribution in [3.8, 4) is 0 Å². The molecule has 2 rings (SSSR count). The average molecular weight is 369 g/mol. The van der Waals surface area contributed by atoms with E-state index >= 15 is 0 Å². The predicted molar refractivity (Wildman–Crippen MR) is 78.9 cm³/mol. The highest BCUT2D eigenvalue weighted by Crippen LogP contribution is 2.30. The summed E-state index contributed by atoms with van der Waals surface area (Å²) in [5, 5.41) is 0.900. The number of carbonyl (C=O) groups excluding carboxylic acids is 1. The van der Waals surface area contributed by atoms with E-state index in [9.17, 15) is 26.4 Å². The van der Waals surface area contributed by atoms with Gasteiger partial charge in [-0.2, -0.15) is 13.2 Å². The maximum atomic E-state index is 12.4. The van der Waals surface area contributed by atoms with Gasteiger partial charge in [0.15, 0.2) is 9.84 Å². The SMILES string of the molecule is O=C(c1ccccc1SCC(F)(F)F)N1CCS(=O)(=O)CCO1. The van der Waals surface area contributed by atoms with Crippen molar-refractivity contribution in [1.29, 1.82) is 0 Å². The lowest BCUT2D eigenvalue weighted by Crippen LogP contribution is -2.33. The van der Waals surface area contributed by atoms with Crippen molar-refractivity contribution in [3.63, 3.8) is 0 Å². The molecule has 0 atom stereocenters. The molecule has 1 aliphatic heterocycles. The summed E-state index contributed by atoms with van der Waals surface area (Å²) in [6.07, 6.45) is -4.35. The van der Waals surface area contributed by atoms with Gasteiger partial charge in [0, 0.05) is 4.90 Å². The number of sulfone groups is 1. The van der Waals surface area contributed by atoms with Crippen LogP contribution in [0, 0.1) is 0 Å². The zero-order valence-electron chi connectivity index (χ0n) is 11.9. The molecule has 0 N–H and O–H groups in total. The normalized spacial score (nSPS) is 18.5. The quantitative estimate of drug-likeness (QED) is 0.764. The third-order valence-electron chi connectivity index (χ3n) is 2.98. The van der Waals surface area contributed by atoms with Crippen molar-refractivity contribution in [2.45, 2.75) is 11.1 Å². The number of benzene rings is 1. The van der Waals surface area contributed by atoms with Crippen LogP contribution in [0.2, 0.25) is 0 Å². The Labute approximate surface area is 135 Å². The van der Waals surface area contributed by atoms with Crippen molar-refractivity contribution in [1.82, 2.24) is 5.06 Å². The predicted octanol–water partition coefficient (Wildman–Crippen LogP) is 2.14. The minimum absolute atomic E-state index is 0.0565. The first-order valence-electron chi connectivity index (χ1n) is 6.62. The Morgan fingerprint density at radius 1 is 1.26 bits per heavy atom. The molecule has 1 amide bonds. The molecular formula is C13H14F3NO4S2. The number of nitrogens with zero attached hydrogens (tertiary/aromatic N) is 1. The van der Waals surface area contributed by atoms with Gasteiger partial charge in [-0.05, 0) is 12.1 Å². The Morgan fingerprint density at radius 3 is 2.65 bits per heavy atom. The third kappa shape index (κ3) is 5.40. The zero-order valence-corrected chi connectivity index (χ0v) is 13.5. The molecule has 1 aromatic carbocycles. The van der Waals surface area contributed by atoms with Gasteiger partial charge in [-0.3, -0.25) is 9.63 Å². The summed E-state index contributed by atoms with van der Waals surface area (Å²) in [6.45, 7) is -0.314. The minimum atomic E-state index is -4.35. The number of hydrogen-bond acceptors (Lipinski definition) is 5. The van der Waals surface area contributed by atoms with Crippen LogP contribution in [0.1, 0.15) is 10.4 Å². The maximum Gasteiger partial charge on any atom is 0.398 e. The van der Waals surface area contributed by atoms with Gasteiger partial charge < -0.3 is 0 Å². The molecule has 1 aliphatic rings. The van der Waals surface area contributed by atoms with Crippen LogP contribution >= 0.6 is 11.8 Å². The summed E-state index contributed by atoms with van der Waals surface area (Å²) in [6, 6.07) is 5.87. The summed E-state index contributed by atoms with van der Waals surface area (Å²) in [5.74, 6) is -2.20. The highest BCUT2D eigenvalue weighted by molar-refractivity contribution is 7.99. The molecule has 0 unspecified atom stereocenters. The van der Waals surface area contributed by atoms with Crippen molar-refractivity contribution in [2.75, 3.05) is 30.4 Å². The number of hydrogen-bond donors (Lipinski definition) is 0. The maximum absolute atomic E-state index is 12.4. The van der Waals surface area contributed by atoms with Crippen molar-refractivity contribution in [2.24, 2.45) is 0 Å². The lowest BCUT2D eigenvalue weighted by molar-refractivity contribution is -0.111. The summed E-state index contributed by atoms with van der Waals surface area (Å²) in [4.78, 5) is 17.7. The molecule has 0 bridgehead atoms. The van der Waals surface area contributed by atoms with Gasteiger partial charge in [-0.1, -0.05) is 12.1 Å². The third-order valence-corrected chi connectivity index (χ3v) is 5.71. The number of alkyl halides is 3. The summed E-state index contributed by atoms with van der Waals surface area (Å²) in [5.41, 5.74) is 0.0565. The van der Waals surface area contributed by atoms with E-state index in [1.807, 2.05) is 0 Å². The largest absolute Gasteiger partial charge is 0.398 e. The highest BCUT2D eigenvalue weighted by Gasteiger charge is 2.30. The first-order valence-corrected chi connectivity index (χ1v) is 9.42. The molecule has 0 radical (unpaired) electrons. The van der Waals surface area contributed by atoms with E-state index in [4.69, 9.17) is 4.84 Å². The van der Waals surface area contributed by atoms with Gasteiger partial charge in [-0.15, -0.1) is 11.8 Å². The second kappa shape index (κ2) is 7.10. The van der Waals surface area contributed by atoms with Crippen LogP contribution in [-0.2, 0) is 14.7 Å². The van der Waals surface area contributed by atoms with Gasteiger partial charge >= 0.3 is 6.18 Å². The van der Waals surface area contributed by atoms with E-state index in [0.717, 1.165) is 5.06 Å². The van der Waals surface area contributed by atoms with Crippen molar-refractivity contribution in [3.05, 3.63) is 29.8 Å². The average Bonchev–Trinajstić information content (AvgIpc) is 2.65. The number of rotatable bonds is 3. The molecule has 10 heteroatoms. The lowest BCUT2D eigenvalue weighted by Gasteiger charge is -2.20. The van der Waals surface area contributed by atoms with Crippen molar-refractivity contribution >= 4 is 27.5 Å². The second-order valence-electron chi connectivity index (χ2n) is 4.79. The first-order chi connectivity index (χ1) is 10.7. The van der Waals surface area contributed by atoms with Gasteiger partial charge in [0.25, 0.3) is 5.91 Å². The van der Waals surface area contributed by atoms with Crippen LogP contribution < -0.4 is 0 Å². The van der Waals surface area contributed by atoms with Crippen molar-refractivity contribution < 1.29 is 31.2 Å². The summed E-state index contributed by atoms with van der Waals surface area (Å²) >= 11 is 0.505. The van der Waals surface area contributed by atoms with Crippen LogP contribution in [0.25, 0.3) is 0 Å². The van der Waals surface area contributed by atoms with E-state index < -0.39 is 27.7 Å². The molecule has 1 saturated heterocycles. The number of hydroxylamine groups is 2. The Morgan fingerprint density at radius 2 is 1.96 bits per heavy atom. The molecule has 0 aromatic heterocycles. The molecular weight excluding hydrogens is 355 g/mol. The second-order valence-corrected chi connectivity index (χ2v) is 8.11. The number of amides is 1. The Kier molecular flexibility index (Phi) is 5.58. The molecule has 1 fully saturated rings. The van der Waals surface area contributed by atoms with Crippen LogP contribution in [0.15, 0.2) is 29.2 Å². The minimum Gasteiger partial charge on any atom is -0.270 e. The summed E-state index contributed by atoms with van der Waals surface area (Å²) < 4.78 is 60.1. The Bertz CT molecular complexity index is 676. The lowest BCUT2D eigenvalue weighted by atomic mass is 10.2. The number of carbonyl (C=O) groups is 1.